The first-order valence-electron chi connectivity index (χ1n) is 14.4. The maximum Gasteiger partial charge on any atom is 0.534 e. The van der Waals surface area contributed by atoms with Crippen LogP contribution in [0.1, 0.15) is 99.3 Å². The third kappa shape index (κ3) is 3.60. The summed E-state index contributed by atoms with van der Waals surface area (Å²) in [4.78, 5) is 0. The number of hydrogen-bond donors (Lipinski definition) is 1. The molecule has 4 saturated carbocycles. The molecule has 0 heterocycles. The highest BCUT2D eigenvalue weighted by Gasteiger charge is 2.70. The van der Waals surface area contributed by atoms with Gasteiger partial charge >= 0.3 is 15.6 Å². The second-order valence-electron chi connectivity index (χ2n) is 14.9. The van der Waals surface area contributed by atoms with E-state index >= 15 is 0 Å². The smallest absolute Gasteiger partial charge is 0.380 e. The van der Waals surface area contributed by atoms with Gasteiger partial charge in [-0.05, 0) is 117 Å². The number of alkyl halides is 3. The van der Waals surface area contributed by atoms with Gasteiger partial charge < -0.3 is 9.92 Å². The minimum Gasteiger partial charge on any atom is -0.380 e. The van der Waals surface area contributed by atoms with Crippen LogP contribution in [-0.2, 0) is 14.3 Å². The van der Waals surface area contributed by atoms with Crippen LogP contribution in [0.5, 0.6) is 0 Å². The molecular weight excluding hydrogens is 511 g/mol. The summed E-state index contributed by atoms with van der Waals surface area (Å²) < 4.78 is 68.1. The number of nitrogens with two attached hydrogens (primary N) is 1. The summed E-state index contributed by atoms with van der Waals surface area (Å²) in [7, 11) is -5.70. The maximum absolute atomic E-state index is 13.2. The van der Waals surface area contributed by atoms with Crippen LogP contribution in [0.4, 0.5) is 13.2 Å². The van der Waals surface area contributed by atoms with Crippen molar-refractivity contribution in [2.75, 3.05) is 0 Å². The Kier molecular flexibility index (Phi) is 6.20. The van der Waals surface area contributed by atoms with Gasteiger partial charge in [-0.2, -0.15) is 21.6 Å². The fourth-order valence-electron chi connectivity index (χ4n) is 11.1. The van der Waals surface area contributed by atoms with E-state index in [1.165, 1.54) is 5.57 Å². The lowest BCUT2D eigenvalue weighted by atomic mass is 9.33. The SMILES string of the molecule is C=C(C)C1CC[C@]2(N)CC[C@]3(C)[C@H](CC[C@@H]4[C@@]5(C)CC=C(OS(=O)(=O)C(F)(F)F)C(C)(C)[C@@H]5CC[C@]43C)C12. The molecule has 4 nitrogen and oxygen atoms in total. The lowest BCUT2D eigenvalue weighted by Gasteiger charge is -2.72. The van der Waals surface area contributed by atoms with Gasteiger partial charge in [0.1, 0.15) is 5.76 Å². The molecule has 2 N–H and O–H groups in total. The first-order chi connectivity index (χ1) is 17.2. The van der Waals surface area contributed by atoms with Gasteiger partial charge in [-0.1, -0.05) is 46.8 Å². The van der Waals surface area contributed by atoms with Crippen molar-refractivity contribution in [1.82, 2.24) is 0 Å². The molecule has 5 rings (SSSR count). The normalized spacial score (nSPS) is 48.2. The molecule has 8 heteroatoms. The van der Waals surface area contributed by atoms with Gasteiger partial charge in [0.25, 0.3) is 0 Å². The van der Waals surface area contributed by atoms with Gasteiger partial charge in [-0.15, -0.1) is 0 Å². The molecule has 0 spiro atoms. The Labute approximate surface area is 227 Å². The minimum absolute atomic E-state index is 0.0310. The van der Waals surface area contributed by atoms with E-state index in [1.807, 2.05) is 13.8 Å². The summed E-state index contributed by atoms with van der Waals surface area (Å²) in [6.07, 6.45) is 10.5. The zero-order valence-electron chi connectivity index (χ0n) is 23.9. The lowest BCUT2D eigenvalue weighted by molar-refractivity contribution is -0.221. The first-order valence-corrected chi connectivity index (χ1v) is 15.8. The number of halogens is 3. The number of hydrogen-bond acceptors (Lipinski definition) is 4. The van der Waals surface area contributed by atoms with Crippen molar-refractivity contribution in [3.05, 3.63) is 24.0 Å². The van der Waals surface area contributed by atoms with Gasteiger partial charge in [0.05, 0.1) is 0 Å². The predicted molar refractivity (Wildman–Crippen MR) is 143 cm³/mol. The average molecular weight is 558 g/mol. The van der Waals surface area contributed by atoms with Crippen molar-refractivity contribution in [3.8, 4) is 0 Å². The molecular formula is C30H46F3NO3S. The van der Waals surface area contributed by atoms with Gasteiger partial charge in [0.15, 0.2) is 0 Å². The number of allylic oxidation sites excluding steroid dienone is 3. The van der Waals surface area contributed by atoms with Gasteiger partial charge in [0.2, 0.25) is 0 Å². The van der Waals surface area contributed by atoms with Crippen molar-refractivity contribution in [1.29, 1.82) is 0 Å². The van der Waals surface area contributed by atoms with E-state index in [0.717, 1.165) is 51.4 Å². The highest BCUT2D eigenvalue weighted by molar-refractivity contribution is 7.87. The Morgan fingerprint density at radius 2 is 1.63 bits per heavy atom. The molecule has 0 aliphatic heterocycles. The van der Waals surface area contributed by atoms with Crippen molar-refractivity contribution in [2.45, 2.75) is 110 Å². The van der Waals surface area contributed by atoms with Crippen molar-refractivity contribution >= 4 is 10.1 Å². The quantitative estimate of drug-likeness (QED) is 0.219. The fourth-order valence-corrected chi connectivity index (χ4v) is 11.7. The number of rotatable bonds is 3. The standard InChI is InChI=1S/C30H46F3NO3S/c1-18(2)19-10-15-29(34)17-16-27(6)20(24(19)29)8-9-22-26(5)13-12-23(37-38(35,36)30(31,32)33)25(3,4)21(26)11-14-28(22,27)7/h12,19-22,24H,1,8-11,13-17,34H2,2-7H3/t19?,20-,21+,22-,24?,26+,27-,28-,29+/m1/s1. The second kappa shape index (κ2) is 8.27. The Morgan fingerprint density at radius 3 is 2.24 bits per heavy atom. The van der Waals surface area contributed by atoms with Crippen LogP contribution >= 0.6 is 0 Å². The first kappa shape index (κ1) is 28.5. The lowest BCUT2D eigenvalue weighted by Crippen LogP contribution is -2.67. The average Bonchev–Trinajstić information content (AvgIpc) is 3.13. The van der Waals surface area contributed by atoms with Gasteiger partial charge in [-0.3, -0.25) is 0 Å². The van der Waals surface area contributed by atoms with Gasteiger partial charge in [-0.25, -0.2) is 0 Å². The molecule has 9 atom stereocenters. The molecule has 38 heavy (non-hydrogen) atoms. The summed E-state index contributed by atoms with van der Waals surface area (Å²) in [6, 6.07) is 0. The fraction of sp³-hybridized carbons (Fsp3) is 0.867. The zero-order chi connectivity index (χ0) is 28.3. The van der Waals surface area contributed by atoms with E-state index in [0.29, 0.717) is 30.1 Å². The third-order valence-corrected chi connectivity index (χ3v) is 14.1. The molecule has 0 saturated heterocycles. The molecule has 2 unspecified atom stereocenters. The highest BCUT2D eigenvalue weighted by atomic mass is 32.2. The van der Waals surface area contributed by atoms with E-state index < -0.39 is 21.0 Å². The Hall–Kier alpha value is -1.02. The van der Waals surface area contributed by atoms with Crippen LogP contribution < -0.4 is 5.73 Å². The summed E-state index contributed by atoms with van der Waals surface area (Å²) >= 11 is 0. The molecule has 4 fully saturated rings. The van der Waals surface area contributed by atoms with Crippen LogP contribution in [0, 0.1) is 51.2 Å². The molecule has 0 aromatic heterocycles. The Morgan fingerprint density at radius 1 is 0.974 bits per heavy atom. The van der Waals surface area contributed by atoms with Crippen LogP contribution in [0.15, 0.2) is 24.0 Å². The summed E-state index contributed by atoms with van der Waals surface area (Å²) in [5.41, 5.74) is 2.08. The van der Waals surface area contributed by atoms with Crippen LogP contribution in [0.2, 0.25) is 0 Å². The molecule has 0 bridgehead atoms. The van der Waals surface area contributed by atoms with Crippen LogP contribution in [0.25, 0.3) is 0 Å². The largest absolute Gasteiger partial charge is 0.534 e. The molecule has 5 aliphatic carbocycles. The second-order valence-corrected chi connectivity index (χ2v) is 16.4. The minimum atomic E-state index is -5.70. The molecule has 5 aliphatic rings. The zero-order valence-corrected chi connectivity index (χ0v) is 24.7. The molecule has 0 aromatic carbocycles. The van der Waals surface area contributed by atoms with E-state index in [4.69, 9.17) is 9.92 Å². The van der Waals surface area contributed by atoms with Crippen molar-refractivity contribution < 1.29 is 25.8 Å². The number of fused-ring (bicyclic) bond motifs is 7. The Balaban J connectivity index is 1.51. The third-order valence-electron chi connectivity index (χ3n) is 13.1. The summed E-state index contributed by atoms with van der Waals surface area (Å²) in [5, 5.41) is 0. The van der Waals surface area contributed by atoms with E-state index in [-0.39, 0.29) is 33.5 Å². The van der Waals surface area contributed by atoms with Crippen LogP contribution in [0.3, 0.4) is 0 Å². The molecule has 0 amide bonds. The molecule has 0 aromatic rings. The Bertz CT molecular complexity index is 1160. The van der Waals surface area contributed by atoms with Crippen molar-refractivity contribution in [2.24, 2.45) is 57.0 Å². The summed E-state index contributed by atoms with van der Waals surface area (Å²) in [5.74, 6) is 1.84. The van der Waals surface area contributed by atoms with Crippen LogP contribution in [-0.4, -0.2) is 19.5 Å². The van der Waals surface area contributed by atoms with E-state index in [1.54, 1.807) is 6.08 Å². The molecule has 216 valence electrons. The van der Waals surface area contributed by atoms with E-state index in [2.05, 4.69) is 34.3 Å². The van der Waals surface area contributed by atoms with Crippen molar-refractivity contribution in [3.63, 3.8) is 0 Å². The highest BCUT2D eigenvalue weighted by Crippen LogP contribution is 2.76. The van der Waals surface area contributed by atoms with E-state index in [9.17, 15) is 21.6 Å². The summed E-state index contributed by atoms with van der Waals surface area (Å²) in [6.45, 7) is 17.5. The maximum atomic E-state index is 13.2. The van der Waals surface area contributed by atoms with Gasteiger partial charge in [0, 0.05) is 11.0 Å². The topological polar surface area (TPSA) is 69.4 Å². The monoisotopic (exact) mass is 557 g/mol. The molecule has 0 radical (unpaired) electrons. The predicted octanol–water partition coefficient (Wildman–Crippen LogP) is 7.72.